The Hall–Kier alpha value is -2.83. The Labute approximate surface area is 190 Å². The summed E-state index contributed by atoms with van der Waals surface area (Å²) in [4.78, 5) is 39.9. The number of nitrogens with two attached hydrogens (primary N) is 1. The highest BCUT2D eigenvalue weighted by Gasteiger charge is 2.47. The summed E-state index contributed by atoms with van der Waals surface area (Å²) in [5.41, 5.74) is 7.90. The van der Waals surface area contributed by atoms with E-state index in [-0.39, 0.29) is 23.9 Å². The van der Waals surface area contributed by atoms with Crippen molar-refractivity contribution in [2.75, 3.05) is 11.4 Å². The molecule has 2 aromatic carbocycles. The van der Waals surface area contributed by atoms with E-state index in [4.69, 9.17) is 28.9 Å². The molecular formula is C23H21Cl2N3O3. The molecule has 1 atom stereocenters. The number of nitrogens with one attached hydrogen (secondary N) is 1. The molecule has 0 aromatic heterocycles. The second kappa shape index (κ2) is 8.36. The van der Waals surface area contributed by atoms with Gasteiger partial charge in [-0.2, -0.15) is 0 Å². The SMILES string of the molecule is Cc1ccc(Cl)cc1N1C(=O)C(NCC(N)=O)=C(C(=O)C2CC2)C1c1ccc(Cl)cc1. The molecule has 31 heavy (non-hydrogen) atoms. The number of carbonyl (C=O) groups excluding carboxylic acids is 3. The Balaban J connectivity index is 1.91. The van der Waals surface area contributed by atoms with Gasteiger partial charge in [0.15, 0.2) is 5.78 Å². The summed E-state index contributed by atoms with van der Waals surface area (Å²) in [5.74, 6) is -1.25. The summed E-state index contributed by atoms with van der Waals surface area (Å²) < 4.78 is 0. The summed E-state index contributed by atoms with van der Waals surface area (Å²) in [7, 11) is 0. The Bertz CT molecular complexity index is 1110. The molecule has 1 fully saturated rings. The number of hydrogen-bond acceptors (Lipinski definition) is 4. The molecule has 1 unspecified atom stereocenters. The fourth-order valence-corrected chi connectivity index (χ4v) is 4.13. The molecule has 160 valence electrons. The van der Waals surface area contributed by atoms with Crippen LogP contribution in [0.3, 0.4) is 0 Å². The number of amides is 2. The summed E-state index contributed by atoms with van der Waals surface area (Å²) >= 11 is 12.3. The van der Waals surface area contributed by atoms with Crippen LogP contribution in [0.5, 0.6) is 0 Å². The van der Waals surface area contributed by atoms with Gasteiger partial charge < -0.3 is 11.1 Å². The summed E-state index contributed by atoms with van der Waals surface area (Å²) in [6.07, 6.45) is 1.56. The van der Waals surface area contributed by atoms with Gasteiger partial charge in [-0.15, -0.1) is 0 Å². The van der Waals surface area contributed by atoms with Crippen molar-refractivity contribution in [3.05, 3.63) is 74.9 Å². The molecule has 3 N–H and O–H groups in total. The van der Waals surface area contributed by atoms with Crippen LogP contribution < -0.4 is 16.0 Å². The first kappa shape index (κ1) is 21.4. The Morgan fingerprint density at radius 2 is 1.74 bits per heavy atom. The number of hydrogen-bond donors (Lipinski definition) is 2. The Kier molecular flexibility index (Phi) is 5.77. The number of aryl methyl sites for hydroxylation is 1. The molecule has 2 aromatic rings. The normalized spacial score (nSPS) is 18.5. The van der Waals surface area contributed by atoms with E-state index >= 15 is 0 Å². The number of benzene rings is 2. The number of nitrogens with zero attached hydrogens (tertiary/aromatic N) is 1. The Morgan fingerprint density at radius 1 is 1.10 bits per heavy atom. The highest BCUT2D eigenvalue weighted by molar-refractivity contribution is 6.31. The number of carbonyl (C=O) groups is 3. The molecule has 6 nitrogen and oxygen atoms in total. The van der Waals surface area contributed by atoms with Crippen LogP contribution in [0.25, 0.3) is 0 Å². The van der Waals surface area contributed by atoms with Gasteiger partial charge in [0, 0.05) is 21.7 Å². The molecule has 0 bridgehead atoms. The average molecular weight is 458 g/mol. The fraction of sp³-hybridized carbons (Fsp3) is 0.261. The monoisotopic (exact) mass is 457 g/mol. The third-order valence-corrected chi connectivity index (χ3v) is 5.99. The second-order valence-corrected chi connectivity index (χ2v) is 8.68. The number of rotatable bonds is 7. The molecule has 1 aliphatic heterocycles. The molecule has 1 heterocycles. The standard InChI is InChI=1S/C23H21Cl2N3O3/c1-12-2-7-16(25)10-17(12)28-21(13-5-8-15(24)9-6-13)19(22(30)14-3-4-14)20(23(28)31)27-11-18(26)29/h2,5-10,14,21,27H,3-4,11H2,1H3,(H2,26,29). The molecule has 1 saturated carbocycles. The number of Topliss-reactive ketones (excluding diaryl/α,β-unsaturated/α-hetero) is 1. The average Bonchev–Trinajstić information content (AvgIpc) is 3.53. The zero-order chi connectivity index (χ0) is 22.3. The smallest absolute Gasteiger partial charge is 0.275 e. The lowest BCUT2D eigenvalue weighted by atomic mass is 9.93. The van der Waals surface area contributed by atoms with Gasteiger partial charge >= 0.3 is 0 Å². The van der Waals surface area contributed by atoms with Crippen LogP contribution in [0.4, 0.5) is 5.69 Å². The van der Waals surface area contributed by atoms with Crippen molar-refractivity contribution in [2.24, 2.45) is 11.7 Å². The number of ketones is 1. The van der Waals surface area contributed by atoms with E-state index in [0.717, 1.165) is 24.0 Å². The minimum absolute atomic E-state index is 0.0950. The zero-order valence-corrected chi connectivity index (χ0v) is 18.3. The second-order valence-electron chi connectivity index (χ2n) is 7.81. The van der Waals surface area contributed by atoms with Crippen molar-refractivity contribution < 1.29 is 14.4 Å². The van der Waals surface area contributed by atoms with Crippen molar-refractivity contribution in [1.29, 1.82) is 0 Å². The molecule has 0 spiro atoms. The first-order valence-corrected chi connectivity index (χ1v) is 10.7. The van der Waals surface area contributed by atoms with Crippen LogP contribution in [0.1, 0.15) is 30.0 Å². The van der Waals surface area contributed by atoms with Crippen LogP contribution in [0, 0.1) is 12.8 Å². The maximum absolute atomic E-state index is 13.6. The van der Waals surface area contributed by atoms with Gasteiger partial charge in [0.25, 0.3) is 5.91 Å². The van der Waals surface area contributed by atoms with Gasteiger partial charge in [-0.3, -0.25) is 19.3 Å². The molecule has 2 aliphatic rings. The van der Waals surface area contributed by atoms with Crippen LogP contribution in [0.2, 0.25) is 10.0 Å². The number of anilines is 1. The maximum Gasteiger partial charge on any atom is 0.275 e. The highest BCUT2D eigenvalue weighted by Crippen LogP contribution is 2.46. The molecule has 2 amide bonds. The van der Waals surface area contributed by atoms with E-state index in [0.29, 0.717) is 21.3 Å². The summed E-state index contributed by atoms with van der Waals surface area (Å²) in [5, 5.41) is 3.84. The number of primary amides is 1. The lowest BCUT2D eigenvalue weighted by molar-refractivity contribution is -0.118. The molecule has 1 aliphatic carbocycles. The van der Waals surface area contributed by atoms with Crippen molar-refractivity contribution in [3.8, 4) is 0 Å². The molecule has 4 rings (SSSR count). The molecular weight excluding hydrogens is 437 g/mol. The van der Waals surface area contributed by atoms with Crippen LogP contribution in [-0.2, 0) is 14.4 Å². The quantitative estimate of drug-likeness (QED) is 0.662. The van der Waals surface area contributed by atoms with Crippen molar-refractivity contribution in [2.45, 2.75) is 25.8 Å². The van der Waals surface area contributed by atoms with Gasteiger partial charge in [0.1, 0.15) is 5.70 Å². The molecule has 8 heteroatoms. The van der Waals surface area contributed by atoms with Gasteiger partial charge in [0.2, 0.25) is 5.91 Å². The van der Waals surface area contributed by atoms with E-state index in [1.54, 1.807) is 41.3 Å². The summed E-state index contributed by atoms with van der Waals surface area (Å²) in [6.45, 7) is 1.62. The third kappa shape index (κ3) is 4.18. The maximum atomic E-state index is 13.6. The topological polar surface area (TPSA) is 92.5 Å². The third-order valence-electron chi connectivity index (χ3n) is 5.50. The van der Waals surface area contributed by atoms with Gasteiger partial charge in [-0.25, -0.2) is 0 Å². The van der Waals surface area contributed by atoms with Crippen LogP contribution >= 0.6 is 23.2 Å². The summed E-state index contributed by atoms with van der Waals surface area (Å²) in [6, 6.07) is 11.6. The van der Waals surface area contributed by atoms with Gasteiger partial charge in [0.05, 0.1) is 18.2 Å². The molecule has 0 saturated heterocycles. The predicted octanol–water partition coefficient (Wildman–Crippen LogP) is 3.70. The first-order chi connectivity index (χ1) is 14.8. The van der Waals surface area contributed by atoms with Crippen molar-refractivity contribution >= 4 is 46.5 Å². The zero-order valence-electron chi connectivity index (χ0n) is 16.8. The van der Waals surface area contributed by atoms with E-state index in [1.165, 1.54) is 0 Å². The van der Waals surface area contributed by atoms with E-state index in [1.807, 2.05) is 13.0 Å². The van der Waals surface area contributed by atoms with Crippen molar-refractivity contribution in [3.63, 3.8) is 0 Å². The lowest BCUT2D eigenvalue weighted by Crippen LogP contribution is -2.35. The minimum atomic E-state index is -0.676. The van der Waals surface area contributed by atoms with Crippen molar-refractivity contribution in [1.82, 2.24) is 5.32 Å². The predicted molar refractivity (Wildman–Crippen MR) is 120 cm³/mol. The number of halogens is 2. The van der Waals surface area contributed by atoms with Crippen LogP contribution in [-0.4, -0.2) is 24.1 Å². The van der Waals surface area contributed by atoms with Gasteiger partial charge in [-0.1, -0.05) is 41.4 Å². The fourth-order valence-electron chi connectivity index (χ4n) is 3.84. The van der Waals surface area contributed by atoms with E-state index in [2.05, 4.69) is 5.32 Å². The Morgan fingerprint density at radius 3 is 2.35 bits per heavy atom. The van der Waals surface area contributed by atoms with E-state index in [9.17, 15) is 14.4 Å². The highest BCUT2D eigenvalue weighted by atomic mass is 35.5. The van der Waals surface area contributed by atoms with E-state index < -0.39 is 17.9 Å². The molecule has 0 radical (unpaired) electrons. The van der Waals surface area contributed by atoms with Gasteiger partial charge in [-0.05, 0) is 55.2 Å². The van der Waals surface area contributed by atoms with Crippen LogP contribution in [0.15, 0.2) is 53.7 Å². The largest absolute Gasteiger partial charge is 0.371 e. The lowest BCUT2D eigenvalue weighted by Gasteiger charge is -2.28. The first-order valence-electron chi connectivity index (χ1n) is 9.93. The minimum Gasteiger partial charge on any atom is -0.371 e.